The van der Waals surface area contributed by atoms with Gasteiger partial charge in [-0.2, -0.15) is 0 Å². The maximum Gasteiger partial charge on any atom is 0.307 e. The van der Waals surface area contributed by atoms with Crippen molar-refractivity contribution in [2.75, 3.05) is 0 Å². The lowest BCUT2D eigenvalue weighted by atomic mass is 10.1. The van der Waals surface area contributed by atoms with Gasteiger partial charge in [0.25, 0.3) is 6.43 Å². The number of rotatable bonds is 3. The summed E-state index contributed by atoms with van der Waals surface area (Å²) in [6.45, 7) is 0. The Balaban J connectivity index is 3.21. The highest BCUT2D eigenvalue weighted by Gasteiger charge is 2.18. The molecule has 0 saturated heterocycles. The molecule has 0 aliphatic rings. The highest BCUT2D eigenvalue weighted by Crippen LogP contribution is 2.30. The van der Waals surface area contributed by atoms with Gasteiger partial charge >= 0.3 is 5.97 Å². The number of halogens is 4. The second kappa shape index (κ2) is 4.85. The van der Waals surface area contributed by atoms with Gasteiger partial charge in [0.05, 0.1) is 6.42 Å². The minimum Gasteiger partial charge on any atom is -0.481 e. The molecule has 0 radical (unpaired) electrons. The number of carboxylic acid groups (broad SMARTS) is 1. The van der Waals surface area contributed by atoms with Crippen LogP contribution in [0.15, 0.2) is 10.5 Å². The summed E-state index contributed by atoms with van der Waals surface area (Å²) in [5, 5.41) is 8.39. The zero-order chi connectivity index (χ0) is 11.6. The minimum atomic E-state index is -2.80. The lowest BCUT2D eigenvalue weighted by Crippen LogP contribution is -2.04. The third-order valence-corrected chi connectivity index (χ3v) is 2.68. The molecule has 1 heterocycles. The molecule has 3 nitrogen and oxygen atoms in total. The van der Waals surface area contributed by atoms with Crippen LogP contribution in [0.4, 0.5) is 8.78 Å². The van der Waals surface area contributed by atoms with Crippen molar-refractivity contribution in [3.8, 4) is 0 Å². The monoisotopic (exact) mass is 299 g/mol. The Bertz CT molecular complexity index is 400. The van der Waals surface area contributed by atoms with Crippen LogP contribution in [-0.2, 0) is 11.2 Å². The predicted octanol–water partition coefficient (Wildman–Crippen LogP) is 3.06. The van der Waals surface area contributed by atoms with E-state index in [-0.39, 0.29) is 21.6 Å². The van der Waals surface area contributed by atoms with Crippen LogP contribution >= 0.6 is 27.5 Å². The molecule has 1 rings (SSSR count). The molecule has 1 N–H and O–H groups in total. The van der Waals surface area contributed by atoms with E-state index >= 15 is 0 Å². The van der Waals surface area contributed by atoms with E-state index < -0.39 is 18.1 Å². The van der Waals surface area contributed by atoms with Gasteiger partial charge in [-0.05, 0) is 27.6 Å². The van der Waals surface area contributed by atoms with Crippen molar-refractivity contribution in [1.82, 2.24) is 4.98 Å². The first-order valence-electron chi connectivity index (χ1n) is 3.76. The number of hydrogen-bond acceptors (Lipinski definition) is 2. The molecule has 7 heteroatoms. The van der Waals surface area contributed by atoms with Gasteiger partial charge in [0.1, 0.15) is 10.8 Å². The molecule has 0 spiro atoms. The van der Waals surface area contributed by atoms with Crippen molar-refractivity contribution >= 4 is 33.5 Å². The first-order valence-corrected chi connectivity index (χ1v) is 4.93. The second-order valence-corrected chi connectivity index (χ2v) is 3.85. The summed E-state index contributed by atoms with van der Waals surface area (Å²) in [5.41, 5.74) is -0.364. The molecule has 0 unspecified atom stereocenters. The Morgan fingerprint density at radius 2 is 2.27 bits per heavy atom. The second-order valence-electron chi connectivity index (χ2n) is 2.67. The Hall–Kier alpha value is -0.750. The fourth-order valence-corrected chi connectivity index (χ4v) is 1.74. The lowest BCUT2D eigenvalue weighted by Gasteiger charge is -2.07. The lowest BCUT2D eigenvalue weighted by molar-refractivity contribution is -0.136. The molecule has 0 amide bonds. The summed E-state index contributed by atoms with van der Waals surface area (Å²) in [4.78, 5) is 13.9. The molecule has 0 aliphatic heterocycles. The molecule has 0 fully saturated rings. The van der Waals surface area contributed by atoms with Gasteiger partial charge in [-0.25, -0.2) is 13.8 Å². The molecular weight excluding hydrogens is 295 g/mol. The van der Waals surface area contributed by atoms with Crippen LogP contribution in [0.5, 0.6) is 0 Å². The van der Waals surface area contributed by atoms with Gasteiger partial charge in [0, 0.05) is 4.47 Å². The van der Waals surface area contributed by atoms with Crippen LogP contribution < -0.4 is 0 Å². The standard InChI is InChI=1S/C8H5BrClF2NO2/c9-6-3(2-5(14)15)1-4(10)13-7(6)8(11)12/h1,8H,2H2,(H,14,15). The van der Waals surface area contributed by atoms with Crippen molar-refractivity contribution in [3.05, 3.63) is 26.9 Å². The highest BCUT2D eigenvalue weighted by molar-refractivity contribution is 9.10. The number of pyridine rings is 1. The number of aliphatic carboxylic acids is 1. The molecule has 0 aromatic carbocycles. The molecule has 1 aromatic rings. The van der Waals surface area contributed by atoms with Crippen molar-refractivity contribution in [3.63, 3.8) is 0 Å². The molecule has 1 aromatic heterocycles. The maximum atomic E-state index is 12.4. The van der Waals surface area contributed by atoms with Gasteiger partial charge in [0.15, 0.2) is 0 Å². The predicted molar refractivity (Wildman–Crippen MR) is 53.2 cm³/mol. The number of nitrogens with zero attached hydrogens (tertiary/aromatic N) is 1. The maximum absolute atomic E-state index is 12.4. The Kier molecular flexibility index (Phi) is 3.98. The normalized spacial score (nSPS) is 10.7. The van der Waals surface area contributed by atoms with Gasteiger partial charge in [-0.3, -0.25) is 4.79 Å². The van der Waals surface area contributed by atoms with Crippen LogP contribution in [0.3, 0.4) is 0 Å². The first kappa shape index (κ1) is 12.3. The molecule has 0 bridgehead atoms. The summed E-state index contributed by atoms with van der Waals surface area (Å²) in [5.74, 6) is -1.13. The first-order chi connectivity index (χ1) is 6.91. The number of carboxylic acids is 1. The summed E-state index contributed by atoms with van der Waals surface area (Å²) < 4.78 is 24.8. The van der Waals surface area contributed by atoms with Crippen molar-refractivity contribution in [2.24, 2.45) is 0 Å². The van der Waals surface area contributed by atoms with E-state index in [2.05, 4.69) is 20.9 Å². The van der Waals surface area contributed by atoms with Gasteiger partial charge < -0.3 is 5.11 Å². The summed E-state index contributed by atoms with van der Waals surface area (Å²) in [6.07, 6.45) is -3.19. The fourth-order valence-electron chi connectivity index (χ4n) is 1.00. The topological polar surface area (TPSA) is 50.2 Å². The van der Waals surface area contributed by atoms with E-state index in [0.29, 0.717) is 0 Å². The van der Waals surface area contributed by atoms with Crippen LogP contribution in [0.2, 0.25) is 5.15 Å². The summed E-state index contributed by atoms with van der Waals surface area (Å²) in [7, 11) is 0. The summed E-state index contributed by atoms with van der Waals surface area (Å²) >= 11 is 8.37. The van der Waals surface area contributed by atoms with E-state index in [1.807, 2.05) is 0 Å². The third kappa shape index (κ3) is 3.10. The van der Waals surface area contributed by atoms with E-state index in [9.17, 15) is 13.6 Å². The van der Waals surface area contributed by atoms with Crippen LogP contribution in [0, 0.1) is 0 Å². The molecular formula is C8H5BrClF2NO2. The van der Waals surface area contributed by atoms with Crippen molar-refractivity contribution in [1.29, 1.82) is 0 Å². The van der Waals surface area contributed by atoms with Gasteiger partial charge in [-0.1, -0.05) is 11.6 Å². The average Bonchev–Trinajstić information content (AvgIpc) is 2.09. The molecule has 0 saturated carbocycles. The Labute approximate surface area is 97.2 Å². The fraction of sp³-hybridized carbons (Fsp3) is 0.250. The molecule has 0 atom stereocenters. The number of hydrogen-bond donors (Lipinski definition) is 1. The number of carbonyl (C=O) groups is 1. The van der Waals surface area contributed by atoms with Crippen molar-refractivity contribution < 1.29 is 18.7 Å². The zero-order valence-electron chi connectivity index (χ0n) is 7.18. The van der Waals surface area contributed by atoms with E-state index in [0.717, 1.165) is 0 Å². The van der Waals surface area contributed by atoms with Gasteiger partial charge in [0.2, 0.25) is 0 Å². The van der Waals surface area contributed by atoms with E-state index in [4.69, 9.17) is 16.7 Å². The number of aromatic nitrogens is 1. The SMILES string of the molecule is O=C(O)Cc1cc(Cl)nc(C(F)F)c1Br. The van der Waals surface area contributed by atoms with Crippen LogP contribution in [0.1, 0.15) is 17.7 Å². The zero-order valence-corrected chi connectivity index (χ0v) is 9.52. The average molecular weight is 300 g/mol. The van der Waals surface area contributed by atoms with E-state index in [1.165, 1.54) is 6.07 Å². The van der Waals surface area contributed by atoms with Gasteiger partial charge in [-0.15, -0.1) is 0 Å². The van der Waals surface area contributed by atoms with E-state index in [1.54, 1.807) is 0 Å². The Morgan fingerprint density at radius 3 is 2.73 bits per heavy atom. The van der Waals surface area contributed by atoms with Crippen molar-refractivity contribution in [2.45, 2.75) is 12.8 Å². The molecule has 0 aliphatic carbocycles. The van der Waals surface area contributed by atoms with Crippen LogP contribution in [0.25, 0.3) is 0 Å². The summed E-state index contributed by atoms with van der Waals surface area (Å²) in [6, 6.07) is 1.24. The number of alkyl halides is 2. The van der Waals surface area contributed by atoms with Crippen LogP contribution in [-0.4, -0.2) is 16.1 Å². The third-order valence-electron chi connectivity index (χ3n) is 1.58. The highest BCUT2D eigenvalue weighted by atomic mass is 79.9. The molecule has 82 valence electrons. The minimum absolute atomic E-state index is 0.00991. The quantitative estimate of drug-likeness (QED) is 0.873. The Morgan fingerprint density at radius 1 is 1.67 bits per heavy atom. The smallest absolute Gasteiger partial charge is 0.307 e. The molecule has 15 heavy (non-hydrogen) atoms. The largest absolute Gasteiger partial charge is 0.481 e.